The highest BCUT2D eigenvalue weighted by Crippen LogP contribution is 2.26. The Bertz CT molecular complexity index is 778. The molecule has 1 aromatic carbocycles. The fourth-order valence-corrected chi connectivity index (χ4v) is 3.00. The number of nitrogens with one attached hydrogen (secondary N) is 1. The van der Waals surface area contributed by atoms with Crippen LogP contribution < -0.4 is 10.5 Å². The van der Waals surface area contributed by atoms with Gasteiger partial charge < -0.3 is 5.32 Å². The molecule has 8 heteroatoms. The zero-order chi connectivity index (χ0) is 14.8. The van der Waals surface area contributed by atoms with Crippen molar-refractivity contribution >= 4 is 38.6 Å². The minimum absolute atomic E-state index is 0.00621. The van der Waals surface area contributed by atoms with Gasteiger partial charge in [-0.2, -0.15) is 5.26 Å². The molecule has 20 heavy (non-hydrogen) atoms. The van der Waals surface area contributed by atoms with Gasteiger partial charge in [0.2, 0.25) is 10.0 Å². The van der Waals surface area contributed by atoms with E-state index >= 15 is 0 Å². The van der Waals surface area contributed by atoms with E-state index in [1.54, 1.807) is 11.4 Å². The first-order valence-corrected chi connectivity index (χ1v) is 8.24. The van der Waals surface area contributed by atoms with E-state index in [9.17, 15) is 8.42 Å². The first-order chi connectivity index (χ1) is 9.40. The number of primary sulfonamides is 1. The Hall–Kier alpha value is -1.59. The van der Waals surface area contributed by atoms with Gasteiger partial charge in [0.05, 0.1) is 21.2 Å². The van der Waals surface area contributed by atoms with Crippen molar-refractivity contribution in [1.29, 1.82) is 5.26 Å². The van der Waals surface area contributed by atoms with Gasteiger partial charge in [-0.1, -0.05) is 11.6 Å². The fourth-order valence-electron chi connectivity index (χ4n) is 1.53. The second kappa shape index (κ2) is 5.81. The molecule has 0 unspecified atom stereocenters. The van der Waals surface area contributed by atoms with Gasteiger partial charge in [0, 0.05) is 16.8 Å². The van der Waals surface area contributed by atoms with Gasteiger partial charge in [0.25, 0.3) is 0 Å². The number of anilines is 1. The third-order valence-corrected chi connectivity index (χ3v) is 4.68. The number of rotatable bonds is 4. The fraction of sp³-hybridized carbons (Fsp3) is 0.0833. The zero-order valence-electron chi connectivity index (χ0n) is 10.1. The molecule has 0 atom stereocenters. The minimum atomic E-state index is -3.76. The lowest BCUT2D eigenvalue weighted by Gasteiger charge is -2.08. The van der Waals surface area contributed by atoms with Crippen LogP contribution in [0.4, 0.5) is 5.69 Å². The maximum absolute atomic E-state index is 11.3. The number of nitrogens with two attached hydrogens (primary N) is 1. The van der Waals surface area contributed by atoms with Crippen LogP contribution in [0.2, 0.25) is 5.02 Å². The quantitative estimate of drug-likeness (QED) is 0.901. The normalized spacial score (nSPS) is 11.1. The van der Waals surface area contributed by atoms with Crippen LogP contribution in [0.15, 0.2) is 34.5 Å². The predicted octanol–water partition coefficient (Wildman–Crippen LogP) is 2.53. The summed E-state index contributed by atoms with van der Waals surface area (Å²) in [7, 11) is -3.76. The van der Waals surface area contributed by atoms with Crippen molar-refractivity contribution in [2.45, 2.75) is 11.4 Å². The summed E-state index contributed by atoms with van der Waals surface area (Å²) in [6.45, 7) is 0.445. The zero-order valence-corrected chi connectivity index (χ0v) is 12.5. The molecule has 2 aromatic rings. The number of hydrogen-bond donors (Lipinski definition) is 2. The number of thiophene rings is 1. The van der Waals surface area contributed by atoms with Gasteiger partial charge >= 0.3 is 0 Å². The molecule has 0 radical (unpaired) electrons. The Balaban J connectivity index is 2.19. The topological polar surface area (TPSA) is 96.0 Å². The Labute approximate surface area is 125 Å². The molecule has 5 nitrogen and oxygen atoms in total. The lowest BCUT2D eigenvalue weighted by atomic mass is 10.3. The van der Waals surface area contributed by atoms with E-state index in [2.05, 4.69) is 5.32 Å². The maximum atomic E-state index is 11.3. The average molecular weight is 328 g/mol. The van der Waals surface area contributed by atoms with Crippen molar-refractivity contribution in [3.05, 3.63) is 45.1 Å². The molecule has 0 spiro atoms. The number of nitrogens with zero attached hydrogens (tertiary/aromatic N) is 1. The van der Waals surface area contributed by atoms with Crippen LogP contribution in [0.25, 0.3) is 0 Å². The van der Waals surface area contributed by atoms with E-state index in [0.29, 0.717) is 22.8 Å². The van der Waals surface area contributed by atoms with Crippen LogP contribution in [-0.2, 0) is 16.6 Å². The van der Waals surface area contributed by atoms with Crippen molar-refractivity contribution in [2.75, 3.05) is 5.32 Å². The first-order valence-electron chi connectivity index (χ1n) is 5.44. The highest BCUT2D eigenvalue weighted by molar-refractivity contribution is 7.89. The third-order valence-electron chi connectivity index (χ3n) is 2.50. The maximum Gasteiger partial charge on any atom is 0.238 e. The number of nitriles is 1. The van der Waals surface area contributed by atoms with Crippen molar-refractivity contribution in [2.24, 2.45) is 5.14 Å². The van der Waals surface area contributed by atoms with E-state index < -0.39 is 10.0 Å². The molecule has 0 saturated carbocycles. The average Bonchev–Trinajstić information content (AvgIpc) is 2.84. The number of hydrogen-bond acceptors (Lipinski definition) is 5. The SMILES string of the molecule is N#Cc1csc(CNc2cc(S(N)(=O)=O)ccc2Cl)c1. The van der Waals surface area contributed by atoms with Crippen LogP contribution in [0.1, 0.15) is 10.4 Å². The molecule has 2 rings (SSSR count). The van der Waals surface area contributed by atoms with Gasteiger partial charge in [-0.15, -0.1) is 11.3 Å². The first kappa shape index (κ1) is 14.8. The summed E-state index contributed by atoms with van der Waals surface area (Å²) in [6.07, 6.45) is 0. The summed E-state index contributed by atoms with van der Waals surface area (Å²) in [5.41, 5.74) is 1.07. The monoisotopic (exact) mass is 327 g/mol. The van der Waals surface area contributed by atoms with E-state index in [0.717, 1.165) is 4.88 Å². The molecule has 104 valence electrons. The summed E-state index contributed by atoms with van der Waals surface area (Å²) >= 11 is 7.44. The molecule has 0 aliphatic heterocycles. The van der Waals surface area contributed by atoms with Gasteiger partial charge in [-0.05, 0) is 24.3 Å². The highest BCUT2D eigenvalue weighted by Gasteiger charge is 2.11. The van der Waals surface area contributed by atoms with Crippen molar-refractivity contribution < 1.29 is 8.42 Å². The van der Waals surface area contributed by atoms with Crippen molar-refractivity contribution in [1.82, 2.24) is 0 Å². The molecular weight excluding hydrogens is 318 g/mol. The molecule has 1 heterocycles. The Morgan fingerprint density at radius 3 is 2.75 bits per heavy atom. The summed E-state index contributed by atoms with van der Waals surface area (Å²) < 4.78 is 22.6. The van der Waals surface area contributed by atoms with Crippen molar-refractivity contribution in [3.63, 3.8) is 0 Å². The van der Waals surface area contributed by atoms with Crippen LogP contribution in [0, 0.1) is 11.3 Å². The van der Waals surface area contributed by atoms with E-state index in [4.69, 9.17) is 22.0 Å². The molecule has 3 N–H and O–H groups in total. The molecule has 0 amide bonds. The van der Waals surface area contributed by atoms with E-state index in [-0.39, 0.29) is 4.90 Å². The van der Waals surface area contributed by atoms with E-state index in [1.807, 2.05) is 6.07 Å². The second-order valence-corrected chi connectivity index (χ2v) is 6.92. The standard InChI is InChI=1S/C12H10ClN3O2S2/c13-11-2-1-10(20(15,17)18)4-12(11)16-6-9-3-8(5-14)7-19-9/h1-4,7,16H,6H2,(H2,15,17,18). The van der Waals surface area contributed by atoms with Gasteiger partial charge in [0.1, 0.15) is 6.07 Å². The van der Waals surface area contributed by atoms with Crippen LogP contribution in [-0.4, -0.2) is 8.42 Å². The van der Waals surface area contributed by atoms with Crippen LogP contribution >= 0.6 is 22.9 Å². The van der Waals surface area contributed by atoms with E-state index in [1.165, 1.54) is 29.5 Å². The molecular formula is C12H10ClN3O2S2. The van der Waals surface area contributed by atoms with Gasteiger partial charge in [-0.3, -0.25) is 0 Å². The molecule has 1 aromatic heterocycles. The summed E-state index contributed by atoms with van der Waals surface area (Å²) in [5.74, 6) is 0. The molecule has 0 saturated heterocycles. The Morgan fingerprint density at radius 2 is 2.15 bits per heavy atom. The van der Waals surface area contributed by atoms with Gasteiger partial charge in [-0.25, -0.2) is 13.6 Å². The summed E-state index contributed by atoms with van der Waals surface area (Å²) in [5, 5.41) is 19.0. The summed E-state index contributed by atoms with van der Waals surface area (Å²) in [6, 6.07) is 8.01. The number of benzene rings is 1. The lowest BCUT2D eigenvalue weighted by molar-refractivity contribution is 0.598. The third kappa shape index (κ3) is 3.49. The largest absolute Gasteiger partial charge is 0.379 e. The highest BCUT2D eigenvalue weighted by atomic mass is 35.5. The molecule has 0 aliphatic carbocycles. The Morgan fingerprint density at radius 1 is 1.40 bits per heavy atom. The Kier molecular flexibility index (Phi) is 4.30. The molecule has 0 aliphatic rings. The van der Waals surface area contributed by atoms with Gasteiger partial charge in [0.15, 0.2) is 0 Å². The number of sulfonamides is 1. The van der Waals surface area contributed by atoms with Crippen molar-refractivity contribution in [3.8, 4) is 6.07 Å². The molecule has 0 fully saturated rings. The summed E-state index contributed by atoms with van der Waals surface area (Å²) in [4.78, 5) is 0.937. The van der Waals surface area contributed by atoms with Crippen LogP contribution in [0.3, 0.4) is 0 Å². The van der Waals surface area contributed by atoms with Crippen LogP contribution in [0.5, 0.6) is 0 Å². The predicted molar refractivity (Wildman–Crippen MR) is 79.2 cm³/mol. The minimum Gasteiger partial charge on any atom is -0.379 e. The second-order valence-electron chi connectivity index (χ2n) is 3.95. The molecule has 0 bridgehead atoms. The smallest absolute Gasteiger partial charge is 0.238 e. The number of halogens is 1. The lowest BCUT2D eigenvalue weighted by Crippen LogP contribution is -2.12.